The third kappa shape index (κ3) is 6.85. The van der Waals surface area contributed by atoms with Gasteiger partial charge in [-0.3, -0.25) is 0 Å². The minimum atomic E-state index is -0.390. The Morgan fingerprint density at radius 2 is 1.81 bits per heavy atom. The molecule has 1 rings (SSSR count). The predicted octanol–water partition coefficient (Wildman–Crippen LogP) is 3.31. The first-order valence-electron chi connectivity index (χ1n) is 5.46. The number of amides is 1. The Bertz CT molecular complexity index is 211. The molecule has 1 aliphatic rings. The van der Waals surface area contributed by atoms with Gasteiger partial charge in [-0.15, -0.1) is 0 Å². The van der Waals surface area contributed by atoms with Crippen molar-refractivity contribution in [1.29, 1.82) is 0 Å². The first-order chi connectivity index (χ1) is 7.38. The van der Waals surface area contributed by atoms with Crippen molar-refractivity contribution in [3.05, 3.63) is 6.92 Å². The van der Waals surface area contributed by atoms with Gasteiger partial charge in [-0.1, -0.05) is 12.8 Å². The van der Waals surface area contributed by atoms with Crippen molar-refractivity contribution in [2.24, 2.45) is 5.92 Å². The van der Waals surface area contributed by atoms with Gasteiger partial charge in [-0.05, 0) is 20.8 Å². The standard InChI is InChI=1S/C11H20NO2.BrH.Zn/c1-9-5-7-12(8-6-9)10(13)14-11(2,3)4;;/h9H,1,5-8H2,2-4H3;1H;/q-1;;+2/p-1. The van der Waals surface area contributed by atoms with Gasteiger partial charge in [0.05, 0.1) is 0 Å². The maximum absolute atomic E-state index is 11.6. The van der Waals surface area contributed by atoms with Crippen LogP contribution >= 0.6 is 13.6 Å². The van der Waals surface area contributed by atoms with Crippen molar-refractivity contribution in [3.63, 3.8) is 0 Å². The number of likely N-dealkylation sites (tertiary alicyclic amines) is 1. The Balaban J connectivity index is 0.00000106. The molecule has 0 atom stereocenters. The van der Waals surface area contributed by atoms with Gasteiger partial charge < -0.3 is 16.6 Å². The second-order valence-electron chi connectivity index (χ2n) is 4.91. The van der Waals surface area contributed by atoms with Crippen molar-refractivity contribution in [3.8, 4) is 0 Å². The van der Waals surface area contributed by atoms with E-state index in [-0.39, 0.29) is 6.09 Å². The minimum absolute atomic E-state index is 0.190. The number of carbonyl (C=O) groups is 1. The number of halogens is 1. The molecule has 1 heterocycles. The van der Waals surface area contributed by atoms with Crippen LogP contribution in [0.15, 0.2) is 0 Å². The van der Waals surface area contributed by atoms with Gasteiger partial charge in [0.2, 0.25) is 0 Å². The summed E-state index contributed by atoms with van der Waals surface area (Å²) in [6.45, 7) is 11.2. The van der Waals surface area contributed by atoms with Gasteiger partial charge in [0, 0.05) is 13.1 Å². The van der Waals surface area contributed by atoms with E-state index in [0.717, 1.165) is 25.9 Å². The fourth-order valence-corrected chi connectivity index (χ4v) is 1.44. The zero-order chi connectivity index (χ0) is 12.8. The molecule has 1 aliphatic heterocycles. The van der Waals surface area contributed by atoms with Crippen molar-refractivity contribution >= 4 is 19.7 Å². The quantitative estimate of drug-likeness (QED) is 0.499. The summed E-state index contributed by atoms with van der Waals surface area (Å²) in [5, 5.41) is 0. The Hall–Kier alpha value is 0.373. The molecule has 0 bridgehead atoms. The topological polar surface area (TPSA) is 29.5 Å². The van der Waals surface area contributed by atoms with E-state index >= 15 is 0 Å². The van der Waals surface area contributed by atoms with E-state index in [0.29, 0.717) is 5.92 Å². The molecule has 5 heteroatoms. The molecule has 0 saturated carbocycles. The number of hydrogen-bond donors (Lipinski definition) is 0. The van der Waals surface area contributed by atoms with Crippen LogP contribution in [0, 0.1) is 12.8 Å². The molecule has 0 aromatic heterocycles. The Labute approximate surface area is 115 Å². The summed E-state index contributed by atoms with van der Waals surface area (Å²) in [6, 6.07) is 0. The van der Waals surface area contributed by atoms with E-state index in [4.69, 9.17) is 4.74 Å². The van der Waals surface area contributed by atoms with Crippen molar-refractivity contribution in [2.45, 2.75) is 39.2 Å². The summed E-state index contributed by atoms with van der Waals surface area (Å²) in [7, 11) is 0. The fourth-order valence-electron chi connectivity index (χ4n) is 1.44. The Kier molecular flexibility index (Phi) is 7.83. The van der Waals surface area contributed by atoms with Crippen LogP contribution in [0.4, 0.5) is 4.79 Å². The molecule has 16 heavy (non-hydrogen) atoms. The van der Waals surface area contributed by atoms with E-state index in [1.165, 1.54) is 16.3 Å². The molecule has 0 aliphatic carbocycles. The summed E-state index contributed by atoms with van der Waals surface area (Å²) in [4.78, 5) is 13.4. The molecule has 0 aromatic carbocycles. The molecule has 3 nitrogen and oxygen atoms in total. The average Bonchev–Trinajstić information content (AvgIpc) is 2.19. The van der Waals surface area contributed by atoms with Gasteiger partial charge >= 0.3 is 36.1 Å². The van der Waals surface area contributed by atoms with Crippen molar-refractivity contribution in [1.82, 2.24) is 4.90 Å². The summed E-state index contributed by atoms with van der Waals surface area (Å²) in [6.07, 6.45) is 1.78. The number of piperidine rings is 1. The third-order valence-electron chi connectivity index (χ3n) is 2.27. The summed E-state index contributed by atoms with van der Waals surface area (Å²) in [5.74, 6) is 0.494. The van der Waals surface area contributed by atoms with Gasteiger partial charge in [-0.25, -0.2) is 4.79 Å². The molecule has 0 N–H and O–H groups in total. The van der Waals surface area contributed by atoms with Crippen molar-refractivity contribution in [2.75, 3.05) is 13.1 Å². The zero-order valence-corrected chi connectivity index (χ0v) is 15.0. The van der Waals surface area contributed by atoms with Crippen LogP contribution in [0.25, 0.3) is 0 Å². The van der Waals surface area contributed by atoms with E-state index in [2.05, 4.69) is 20.5 Å². The molecule has 1 saturated heterocycles. The molecule has 1 fully saturated rings. The number of carbonyl (C=O) groups excluding carboxylic acids is 1. The average molecular weight is 344 g/mol. The molecular formula is C11H20BrNO2Zn. The molecule has 0 unspecified atom stereocenters. The first-order valence-corrected chi connectivity index (χ1v) is 12.4. The summed E-state index contributed by atoms with van der Waals surface area (Å²) >= 11 is 4.25. The van der Waals surface area contributed by atoms with Crippen LogP contribution < -0.4 is 0 Å². The van der Waals surface area contributed by atoms with E-state index in [1.54, 1.807) is 4.90 Å². The second-order valence-corrected chi connectivity index (χ2v) is 4.91. The van der Waals surface area contributed by atoms with Gasteiger partial charge in [0.25, 0.3) is 0 Å². The monoisotopic (exact) mass is 341 g/mol. The van der Waals surface area contributed by atoms with Crippen LogP contribution in [-0.2, 0) is 21.1 Å². The molecule has 90 valence electrons. The summed E-state index contributed by atoms with van der Waals surface area (Å²) < 4.78 is 5.28. The van der Waals surface area contributed by atoms with Gasteiger partial charge in [0.1, 0.15) is 5.60 Å². The van der Waals surface area contributed by atoms with E-state index in [9.17, 15) is 4.79 Å². The van der Waals surface area contributed by atoms with Gasteiger partial charge in [0.15, 0.2) is 0 Å². The maximum atomic E-state index is 11.6. The van der Waals surface area contributed by atoms with Crippen LogP contribution in [0.1, 0.15) is 33.6 Å². The van der Waals surface area contributed by atoms with Crippen LogP contribution in [0.3, 0.4) is 0 Å². The SMILES string of the molecule is [CH2-]C1CCN(C(=O)OC(C)(C)C)CC1.[Zn+][Br]. The summed E-state index contributed by atoms with van der Waals surface area (Å²) in [5.41, 5.74) is -0.390. The van der Waals surface area contributed by atoms with E-state index < -0.39 is 5.60 Å². The Morgan fingerprint density at radius 3 is 2.19 bits per heavy atom. The number of ether oxygens (including phenoxy) is 1. The fraction of sp³-hybridized carbons (Fsp3) is 0.818. The molecular weight excluding hydrogens is 323 g/mol. The second kappa shape index (κ2) is 7.65. The van der Waals surface area contributed by atoms with Crippen LogP contribution in [-0.4, -0.2) is 29.7 Å². The molecule has 0 spiro atoms. The Morgan fingerprint density at radius 1 is 1.38 bits per heavy atom. The molecule has 1 amide bonds. The number of hydrogen-bond acceptors (Lipinski definition) is 2. The predicted molar refractivity (Wildman–Crippen MR) is 64.8 cm³/mol. The third-order valence-corrected chi connectivity index (χ3v) is 2.27. The van der Waals surface area contributed by atoms with Crippen LogP contribution in [0.5, 0.6) is 0 Å². The normalized spacial score (nSPS) is 17.6. The van der Waals surface area contributed by atoms with E-state index in [1.807, 2.05) is 20.8 Å². The zero-order valence-electron chi connectivity index (χ0n) is 10.5. The van der Waals surface area contributed by atoms with Crippen LogP contribution in [0.2, 0.25) is 0 Å². The number of nitrogens with zero attached hydrogens (tertiary/aromatic N) is 1. The molecule has 0 aromatic rings. The van der Waals surface area contributed by atoms with Crippen molar-refractivity contribution < 1.29 is 25.9 Å². The molecule has 0 radical (unpaired) electrons. The number of rotatable bonds is 0. The first kappa shape index (κ1) is 16.4. The van der Waals surface area contributed by atoms with Gasteiger partial charge in [-0.2, -0.15) is 5.92 Å².